The molecular weight excluding hydrogens is 212 g/mol. The number of pyridine rings is 1. The Kier molecular flexibility index (Phi) is 4.27. The summed E-state index contributed by atoms with van der Waals surface area (Å²) in [6, 6.07) is 3.77. The van der Waals surface area contributed by atoms with Crippen LogP contribution >= 0.6 is 0 Å². The third-order valence-corrected chi connectivity index (χ3v) is 2.69. The zero-order valence-electron chi connectivity index (χ0n) is 11.4. The number of nitrogens with zero attached hydrogens (tertiary/aromatic N) is 1. The highest BCUT2D eigenvalue weighted by molar-refractivity contribution is 5.93. The first-order valence-electron chi connectivity index (χ1n) is 6.05. The topological polar surface area (TPSA) is 42.0 Å². The molecular formula is C14H22N2O. The number of amides is 1. The van der Waals surface area contributed by atoms with E-state index in [4.69, 9.17) is 0 Å². The van der Waals surface area contributed by atoms with Crippen LogP contribution in [0, 0.1) is 18.3 Å². The van der Waals surface area contributed by atoms with Crippen LogP contribution in [0.15, 0.2) is 18.3 Å². The van der Waals surface area contributed by atoms with Crippen molar-refractivity contribution in [2.45, 2.75) is 41.0 Å². The van der Waals surface area contributed by atoms with Crippen LogP contribution in [0.5, 0.6) is 0 Å². The van der Waals surface area contributed by atoms with E-state index in [0.29, 0.717) is 11.7 Å². The number of hydrogen-bond donors (Lipinski definition) is 1. The highest BCUT2D eigenvalue weighted by atomic mass is 16.2. The highest BCUT2D eigenvalue weighted by Crippen LogP contribution is 2.26. The summed E-state index contributed by atoms with van der Waals surface area (Å²) >= 11 is 0. The molecule has 0 aliphatic heterocycles. The Balaban J connectivity index is 2.68. The van der Waals surface area contributed by atoms with Gasteiger partial charge in [-0.3, -0.25) is 4.79 Å². The molecule has 1 heterocycles. The smallest absolute Gasteiger partial charge is 0.231 e. The van der Waals surface area contributed by atoms with Gasteiger partial charge in [0.25, 0.3) is 0 Å². The Hall–Kier alpha value is -1.38. The first-order valence-corrected chi connectivity index (χ1v) is 6.05. The second-order valence-electron chi connectivity index (χ2n) is 5.66. The summed E-state index contributed by atoms with van der Waals surface area (Å²) in [6.45, 7) is 10.2. The summed E-state index contributed by atoms with van der Waals surface area (Å²) in [7, 11) is 0. The van der Waals surface area contributed by atoms with Gasteiger partial charge in [0.05, 0.1) is 0 Å². The first-order chi connectivity index (χ1) is 7.81. The molecule has 1 rings (SSSR count). The van der Waals surface area contributed by atoms with E-state index >= 15 is 0 Å². The molecule has 94 valence electrons. The van der Waals surface area contributed by atoms with Crippen LogP contribution in [0.1, 0.15) is 39.7 Å². The lowest BCUT2D eigenvalue weighted by molar-refractivity contribution is -0.124. The van der Waals surface area contributed by atoms with Gasteiger partial charge in [0, 0.05) is 11.6 Å². The van der Waals surface area contributed by atoms with Crippen LogP contribution in [0.4, 0.5) is 5.82 Å². The number of carbonyl (C=O) groups excluding carboxylic acids is 1. The minimum absolute atomic E-state index is 0.0301. The Bertz CT molecular complexity index is 380. The fraction of sp³-hybridized carbons (Fsp3) is 0.571. The van der Waals surface area contributed by atoms with Gasteiger partial charge in [-0.1, -0.05) is 33.8 Å². The van der Waals surface area contributed by atoms with E-state index in [1.807, 2.05) is 32.9 Å². The van der Waals surface area contributed by atoms with E-state index in [-0.39, 0.29) is 11.3 Å². The van der Waals surface area contributed by atoms with E-state index in [0.717, 1.165) is 12.0 Å². The quantitative estimate of drug-likeness (QED) is 0.867. The van der Waals surface area contributed by atoms with Crippen molar-refractivity contribution in [2.24, 2.45) is 11.3 Å². The number of rotatable bonds is 4. The van der Waals surface area contributed by atoms with E-state index < -0.39 is 0 Å². The van der Waals surface area contributed by atoms with Crippen molar-refractivity contribution in [3.05, 3.63) is 23.9 Å². The average Bonchev–Trinajstić information content (AvgIpc) is 2.19. The normalized spacial score (nSPS) is 11.6. The molecule has 0 saturated heterocycles. The average molecular weight is 234 g/mol. The molecule has 17 heavy (non-hydrogen) atoms. The minimum Gasteiger partial charge on any atom is -0.310 e. The molecule has 0 fully saturated rings. The predicted molar refractivity (Wildman–Crippen MR) is 70.8 cm³/mol. The Morgan fingerprint density at radius 3 is 2.53 bits per heavy atom. The van der Waals surface area contributed by atoms with E-state index in [9.17, 15) is 4.79 Å². The lowest BCUT2D eigenvalue weighted by Gasteiger charge is -2.25. The second-order valence-corrected chi connectivity index (χ2v) is 5.66. The van der Waals surface area contributed by atoms with E-state index in [1.54, 1.807) is 6.20 Å². The van der Waals surface area contributed by atoms with Crippen molar-refractivity contribution >= 4 is 11.7 Å². The van der Waals surface area contributed by atoms with Crippen LogP contribution in [-0.2, 0) is 4.79 Å². The van der Waals surface area contributed by atoms with E-state index in [1.165, 1.54) is 0 Å². The van der Waals surface area contributed by atoms with Gasteiger partial charge in [-0.2, -0.15) is 0 Å². The number of carbonyl (C=O) groups is 1. The number of nitrogens with one attached hydrogen (secondary N) is 1. The Labute approximate surface area is 104 Å². The Morgan fingerprint density at radius 2 is 2.06 bits per heavy atom. The lowest BCUT2D eigenvalue weighted by Crippen LogP contribution is -2.32. The van der Waals surface area contributed by atoms with Crippen LogP contribution in [0.3, 0.4) is 0 Å². The van der Waals surface area contributed by atoms with Crippen molar-refractivity contribution < 1.29 is 4.79 Å². The summed E-state index contributed by atoms with van der Waals surface area (Å²) in [5.74, 6) is 1.15. The van der Waals surface area contributed by atoms with Gasteiger partial charge in [-0.15, -0.1) is 0 Å². The molecule has 1 aromatic heterocycles. The van der Waals surface area contributed by atoms with Crippen LogP contribution in [0.2, 0.25) is 0 Å². The molecule has 0 saturated carbocycles. The molecule has 0 unspecified atom stereocenters. The minimum atomic E-state index is -0.360. The van der Waals surface area contributed by atoms with Crippen molar-refractivity contribution in [3.8, 4) is 0 Å². The maximum Gasteiger partial charge on any atom is 0.231 e. The largest absolute Gasteiger partial charge is 0.310 e. The summed E-state index contributed by atoms with van der Waals surface area (Å²) in [4.78, 5) is 16.3. The molecule has 0 atom stereocenters. The van der Waals surface area contributed by atoms with Crippen molar-refractivity contribution in [3.63, 3.8) is 0 Å². The molecule has 1 aromatic rings. The molecule has 1 amide bonds. The predicted octanol–water partition coefficient (Wildman–Crippen LogP) is 3.40. The molecule has 0 aromatic carbocycles. The molecule has 1 N–H and O–H groups in total. The summed E-state index contributed by atoms with van der Waals surface area (Å²) in [6.07, 6.45) is 2.62. The molecule has 3 heteroatoms. The number of anilines is 1. The van der Waals surface area contributed by atoms with Crippen molar-refractivity contribution in [1.82, 2.24) is 4.98 Å². The standard InChI is InChI=1S/C14H22N2O/c1-10(2)8-14(4,5)13(17)16-12-7-6-11(3)9-15-12/h6-7,9-10H,8H2,1-5H3,(H,15,16,17). The lowest BCUT2D eigenvalue weighted by atomic mass is 9.83. The molecule has 0 aliphatic carbocycles. The third kappa shape index (κ3) is 4.17. The maximum absolute atomic E-state index is 12.1. The second kappa shape index (κ2) is 5.30. The van der Waals surface area contributed by atoms with E-state index in [2.05, 4.69) is 24.1 Å². The maximum atomic E-state index is 12.1. The van der Waals surface area contributed by atoms with Gasteiger partial charge in [0.15, 0.2) is 0 Å². The first kappa shape index (κ1) is 13.7. The third-order valence-electron chi connectivity index (χ3n) is 2.69. The SMILES string of the molecule is Cc1ccc(NC(=O)C(C)(C)CC(C)C)nc1. The van der Waals surface area contributed by atoms with Gasteiger partial charge in [-0.05, 0) is 30.9 Å². The van der Waals surface area contributed by atoms with Gasteiger partial charge < -0.3 is 5.32 Å². The van der Waals surface area contributed by atoms with Crippen molar-refractivity contribution in [2.75, 3.05) is 5.32 Å². The Morgan fingerprint density at radius 1 is 1.41 bits per heavy atom. The van der Waals surface area contributed by atoms with Crippen LogP contribution < -0.4 is 5.32 Å². The van der Waals surface area contributed by atoms with Crippen molar-refractivity contribution in [1.29, 1.82) is 0 Å². The molecule has 0 bridgehead atoms. The number of aryl methyl sites for hydroxylation is 1. The summed E-state index contributed by atoms with van der Waals surface area (Å²) in [5.41, 5.74) is 0.727. The molecule has 0 aliphatic rings. The zero-order chi connectivity index (χ0) is 13.1. The van der Waals surface area contributed by atoms with Crippen LogP contribution in [-0.4, -0.2) is 10.9 Å². The summed E-state index contributed by atoms with van der Waals surface area (Å²) < 4.78 is 0. The summed E-state index contributed by atoms with van der Waals surface area (Å²) in [5, 5.41) is 2.86. The zero-order valence-corrected chi connectivity index (χ0v) is 11.4. The highest BCUT2D eigenvalue weighted by Gasteiger charge is 2.28. The molecule has 3 nitrogen and oxygen atoms in total. The fourth-order valence-corrected chi connectivity index (χ4v) is 1.94. The monoisotopic (exact) mass is 234 g/mol. The van der Waals surface area contributed by atoms with Gasteiger partial charge in [0.1, 0.15) is 5.82 Å². The molecule has 0 radical (unpaired) electrons. The van der Waals surface area contributed by atoms with Gasteiger partial charge in [0.2, 0.25) is 5.91 Å². The van der Waals surface area contributed by atoms with Gasteiger partial charge in [-0.25, -0.2) is 4.98 Å². The molecule has 0 spiro atoms. The van der Waals surface area contributed by atoms with Gasteiger partial charge >= 0.3 is 0 Å². The van der Waals surface area contributed by atoms with Crippen LogP contribution in [0.25, 0.3) is 0 Å². The fourth-order valence-electron chi connectivity index (χ4n) is 1.94. The number of hydrogen-bond acceptors (Lipinski definition) is 2. The number of aromatic nitrogens is 1.